The van der Waals surface area contributed by atoms with Gasteiger partial charge in [0.15, 0.2) is 5.78 Å². The second-order valence-corrected chi connectivity index (χ2v) is 7.76. The zero-order valence-corrected chi connectivity index (χ0v) is 16.2. The average Bonchev–Trinajstić information content (AvgIpc) is 3.42. The van der Waals surface area contributed by atoms with E-state index in [1.54, 1.807) is 0 Å². The zero-order valence-electron chi connectivity index (χ0n) is 16.2. The van der Waals surface area contributed by atoms with Gasteiger partial charge in [0, 0.05) is 44.2 Å². The van der Waals surface area contributed by atoms with Crippen molar-refractivity contribution in [3.05, 3.63) is 58.8 Å². The number of carbonyl (C=O) groups excluding carboxylic acids is 2. The molecule has 0 atom stereocenters. The third kappa shape index (κ3) is 4.41. The van der Waals surface area contributed by atoms with Crippen LogP contribution in [0.5, 0.6) is 0 Å². The van der Waals surface area contributed by atoms with Gasteiger partial charge < -0.3 is 10.2 Å². The van der Waals surface area contributed by atoms with Gasteiger partial charge in [0.25, 0.3) is 0 Å². The van der Waals surface area contributed by atoms with Gasteiger partial charge in [-0.25, -0.2) is 4.98 Å². The lowest BCUT2D eigenvalue weighted by molar-refractivity contribution is -0.121. The molecule has 4 rings (SSSR count). The standard InChI is InChI=1S/C23H27N3O2/c27-21(20-8-7-18-4-3-5-19(18)14-20)9-11-23(28)25-16-17-6-10-22(24-15-17)26-12-1-2-13-26/h6-8,10,14-15H,1-5,9,11-13,16H2,(H,25,28). The van der Waals surface area contributed by atoms with Crippen molar-refractivity contribution in [2.75, 3.05) is 18.0 Å². The number of pyridine rings is 1. The number of Topliss-reactive ketones (excluding diaryl/α,β-unsaturated/α-hetero) is 1. The number of benzene rings is 1. The van der Waals surface area contributed by atoms with E-state index in [9.17, 15) is 9.59 Å². The second kappa shape index (κ2) is 8.55. The first-order chi connectivity index (χ1) is 13.7. The molecular formula is C23H27N3O2. The summed E-state index contributed by atoms with van der Waals surface area (Å²) in [5.41, 5.74) is 4.36. The maximum Gasteiger partial charge on any atom is 0.220 e. The Balaban J connectivity index is 1.22. The largest absolute Gasteiger partial charge is 0.357 e. The van der Waals surface area contributed by atoms with Gasteiger partial charge in [-0.1, -0.05) is 18.2 Å². The van der Waals surface area contributed by atoms with E-state index in [1.165, 1.54) is 30.4 Å². The number of nitrogens with zero attached hydrogens (tertiary/aromatic N) is 2. The summed E-state index contributed by atoms with van der Waals surface area (Å²) < 4.78 is 0. The number of hydrogen-bond acceptors (Lipinski definition) is 4. The van der Waals surface area contributed by atoms with Gasteiger partial charge in [0.1, 0.15) is 5.82 Å². The van der Waals surface area contributed by atoms with Gasteiger partial charge in [-0.05, 0) is 60.9 Å². The van der Waals surface area contributed by atoms with E-state index in [1.807, 2.05) is 30.5 Å². The fourth-order valence-corrected chi connectivity index (χ4v) is 4.06. The molecule has 146 valence electrons. The molecule has 2 aliphatic rings. The maximum absolute atomic E-state index is 12.4. The van der Waals surface area contributed by atoms with Crippen molar-refractivity contribution in [3.63, 3.8) is 0 Å². The number of hydrogen-bond donors (Lipinski definition) is 1. The molecule has 28 heavy (non-hydrogen) atoms. The van der Waals surface area contributed by atoms with Crippen LogP contribution in [-0.2, 0) is 24.2 Å². The number of aryl methyl sites for hydroxylation is 2. The van der Waals surface area contributed by atoms with Gasteiger partial charge in [-0.15, -0.1) is 0 Å². The number of nitrogens with one attached hydrogen (secondary N) is 1. The molecule has 1 amide bonds. The molecular weight excluding hydrogens is 350 g/mol. The number of anilines is 1. The maximum atomic E-state index is 12.4. The first kappa shape index (κ1) is 18.7. The molecule has 1 fully saturated rings. The Morgan fingerprint density at radius 1 is 0.964 bits per heavy atom. The molecule has 1 N–H and O–H groups in total. The molecule has 1 aliphatic heterocycles. The molecule has 0 spiro atoms. The number of amides is 1. The van der Waals surface area contributed by atoms with Crippen LogP contribution >= 0.6 is 0 Å². The highest BCUT2D eigenvalue weighted by atomic mass is 16.2. The fourth-order valence-electron chi connectivity index (χ4n) is 4.06. The molecule has 1 aliphatic carbocycles. The monoisotopic (exact) mass is 377 g/mol. The molecule has 0 bridgehead atoms. The predicted molar refractivity (Wildman–Crippen MR) is 110 cm³/mol. The summed E-state index contributed by atoms with van der Waals surface area (Å²) in [7, 11) is 0. The molecule has 5 heteroatoms. The van der Waals surface area contributed by atoms with Crippen molar-refractivity contribution in [3.8, 4) is 0 Å². The molecule has 0 saturated carbocycles. The van der Waals surface area contributed by atoms with Gasteiger partial charge in [-0.2, -0.15) is 0 Å². The van der Waals surface area contributed by atoms with Crippen molar-refractivity contribution in [2.45, 2.75) is 51.5 Å². The van der Waals surface area contributed by atoms with Gasteiger partial charge >= 0.3 is 0 Å². The predicted octanol–water partition coefficient (Wildman–Crippen LogP) is 3.45. The number of aromatic nitrogens is 1. The molecule has 1 saturated heterocycles. The topological polar surface area (TPSA) is 62.3 Å². The van der Waals surface area contributed by atoms with Gasteiger partial charge in [-0.3, -0.25) is 9.59 Å². The van der Waals surface area contributed by atoms with Crippen LogP contribution in [-0.4, -0.2) is 29.8 Å². The smallest absolute Gasteiger partial charge is 0.220 e. The van der Waals surface area contributed by atoms with E-state index in [0.717, 1.165) is 42.9 Å². The van der Waals surface area contributed by atoms with Crippen molar-refractivity contribution in [2.24, 2.45) is 0 Å². The van der Waals surface area contributed by atoms with Crippen molar-refractivity contribution < 1.29 is 9.59 Å². The molecule has 1 aromatic heterocycles. The van der Waals surface area contributed by atoms with Crippen molar-refractivity contribution in [1.82, 2.24) is 10.3 Å². The summed E-state index contributed by atoms with van der Waals surface area (Å²) in [5, 5.41) is 2.89. The summed E-state index contributed by atoms with van der Waals surface area (Å²) in [5.74, 6) is 0.951. The summed E-state index contributed by atoms with van der Waals surface area (Å²) in [6.07, 6.45) is 8.08. The van der Waals surface area contributed by atoms with Crippen LogP contribution in [0.2, 0.25) is 0 Å². The Morgan fingerprint density at radius 3 is 2.57 bits per heavy atom. The SMILES string of the molecule is O=C(CCC(=O)c1ccc2c(c1)CCC2)NCc1ccc(N2CCCC2)nc1. The molecule has 0 radical (unpaired) electrons. The second-order valence-electron chi connectivity index (χ2n) is 7.76. The van der Waals surface area contributed by atoms with Crippen LogP contribution in [0.3, 0.4) is 0 Å². The van der Waals surface area contributed by atoms with Crippen LogP contribution in [0, 0.1) is 0 Å². The lowest BCUT2D eigenvalue weighted by atomic mass is 10.0. The van der Waals surface area contributed by atoms with E-state index in [2.05, 4.69) is 21.3 Å². The zero-order chi connectivity index (χ0) is 19.3. The third-order valence-corrected chi connectivity index (χ3v) is 5.73. The number of fused-ring (bicyclic) bond motifs is 1. The van der Waals surface area contributed by atoms with Crippen LogP contribution in [0.1, 0.15) is 59.2 Å². The Kier molecular flexibility index (Phi) is 5.70. The van der Waals surface area contributed by atoms with Gasteiger partial charge in [0.2, 0.25) is 5.91 Å². The highest BCUT2D eigenvalue weighted by Gasteiger charge is 2.15. The van der Waals surface area contributed by atoms with Crippen LogP contribution < -0.4 is 10.2 Å². The van der Waals surface area contributed by atoms with Crippen LogP contribution in [0.15, 0.2) is 36.5 Å². The Hall–Kier alpha value is -2.69. The lowest BCUT2D eigenvalue weighted by Gasteiger charge is -2.16. The summed E-state index contributed by atoms with van der Waals surface area (Å²) in [4.78, 5) is 31.3. The highest BCUT2D eigenvalue weighted by molar-refractivity contribution is 5.98. The summed E-state index contributed by atoms with van der Waals surface area (Å²) in [6.45, 7) is 2.59. The Labute approximate surface area is 166 Å². The van der Waals surface area contributed by atoms with E-state index >= 15 is 0 Å². The number of rotatable bonds is 7. The third-order valence-electron chi connectivity index (χ3n) is 5.73. The van der Waals surface area contributed by atoms with Crippen LogP contribution in [0.25, 0.3) is 0 Å². The lowest BCUT2D eigenvalue weighted by Crippen LogP contribution is -2.23. The molecule has 1 aromatic carbocycles. The summed E-state index contributed by atoms with van der Waals surface area (Å²) >= 11 is 0. The Bertz CT molecular complexity index is 855. The first-order valence-corrected chi connectivity index (χ1v) is 10.3. The van der Waals surface area contributed by atoms with E-state index < -0.39 is 0 Å². The molecule has 2 aromatic rings. The highest BCUT2D eigenvalue weighted by Crippen LogP contribution is 2.23. The van der Waals surface area contributed by atoms with E-state index in [-0.39, 0.29) is 24.5 Å². The number of ketones is 1. The number of carbonyl (C=O) groups is 2. The minimum absolute atomic E-state index is 0.0430. The first-order valence-electron chi connectivity index (χ1n) is 10.3. The minimum Gasteiger partial charge on any atom is -0.357 e. The Morgan fingerprint density at radius 2 is 1.79 bits per heavy atom. The summed E-state index contributed by atoms with van der Waals surface area (Å²) in [6, 6.07) is 10.0. The molecule has 0 unspecified atom stereocenters. The van der Waals surface area contributed by atoms with E-state index in [0.29, 0.717) is 6.54 Å². The average molecular weight is 377 g/mol. The molecule has 2 heterocycles. The normalized spacial score (nSPS) is 15.5. The van der Waals surface area contributed by atoms with E-state index in [4.69, 9.17) is 0 Å². The van der Waals surface area contributed by atoms with Crippen molar-refractivity contribution in [1.29, 1.82) is 0 Å². The van der Waals surface area contributed by atoms with Gasteiger partial charge in [0.05, 0.1) is 0 Å². The minimum atomic E-state index is -0.0990. The van der Waals surface area contributed by atoms with Crippen molar-refractivity contribution >= 4 is 17.5 Å². The fraction of sp³-hybridized carbons (Fsp3) is 0.435. The van der Waals surface area contributed by atoms with Crippen LogP contribution in [0.4, 0.5) is 5.82 Å². The molecule has 5 nitrogen and oxygen atoms in total. The quantitative estimate of drug-likeness (QED) is 0.751.